The average molecular weight is 470 g/mol. The first-order chi connectivity index (χ1) is 15.8. The summed E-state index contributed by atoms with van der Waals surface area (Å²) in [5.74, 6) is 1.21. The molecule has 0 radical (unpaired) electrons. The van der Waals surface area contributed by atoms with E-state index in [-0.39, 0.29) is 11.9 Å². The molecule has 0 unspecified atom stereocenters. The molecule has 2 aromatic heterocycles. The highest BCUT2D eigenvalue weighted by Gasteiger charge is 2.34. The van der Waals surface area contributed by atoms with E-state index in [9.17, 15) is 13.5 Å². The number of aliphatic hydroxyl groups is 1. The van der Waals surface area contributed by atoms with Crippen LogP contribution in [0.4, 0.5) is 5.82 Å². The Balaban J connectivity index is 1.40. The predicted molar refractivity (Wildman–Crippen MR) is 130 cm³/mol. The van der Waals surface area contributed by atoms with Gasteiger partial charge in [0.05, 0.1) is 17.2 Å². The lowest BCUT2D eigenvalue weighted by Crippen LogP contribution is -2.36. The Morgan fingerprint density at radius 3 is 2.79 bits per heavy atom. The van der Waals surface area contributed by atoms with Gasteiger partial charge in [0.25, 0.3) is 0 Å². The number of anilines is 1. The lowest BCUT2D eigenvalue weighted by Gasteiger charge is -2.38. The number of β-amino-alcohol motifs (C(OH)–C–C–N with tert-alkyl or cyclic N) is 1. The first kappa shape index (κ1) is 22.3. The van der Waals surface area contributed by atoms with Crippen LogP contribution in [0.15, 0.2) is 36.8 Å². The molecule has 5 rings (SSSR count). The third-order valence-corrected chi connectivity index (χ3v) is 7.95. The Bertz CT molecular complexity index is 1270. The standard InChI is InChI=1S/C24H31N5O3S/c1-33(31,32)8-6-16-3-2-4-18(9-16)21-14-29(24-22(21)23(25)26-15-27-24)19-10-17(11-19)12-28-7-5-20(30)13-28/h2-4,9,14-15,17,19-20,30H,5-8,10-13H2,1H3,(H2,25,26,27)/t17?,19?,20-/m1/s1. The van der Waals surface area contributed by atoms with Crippen LogP contribution < -0.4 is 5.73 Å². The topological polar surface area (TPSA) is 114 Å². The summed E-state index contributed by atoms with van der Waals surface area (Å²) >= 11 is 0. The maximum absolute atomic E-state index is 11.6. The van der Waals surface area contributed by atoms with Crippen molar-refractivity contribution >= 4 is 26.7 Å². The Morgan fingerprint density at radius 1 is 1.24 bits per heavy atom. The van der Waals surface area contributed by atoms with Crippen molar-refractivity contribution in [3.63, 3.8) is 0 Å². The second-order valence-electron chi connectivity index (χ2n) is 9.68. The van der Waals surface area contributed by atoms with E-state index in [1.165, 1.54) is 12.6 Å². The highest BCUT2D eigenvalue weighted by molar-refractivity contribution is 7.90. The van der Waals surface area contributed by atoms with E-state index in [4.69, 9.17) is 5.73 Å². The number of nitrogens with zero attached hydrogens (tertiary/aromatic N) is 4. The summed E-state index contributed by atoms with van der Waals surface area (Å²) in [5, 5.41) is 10.6. The van der Waals surface area contributed by atoms with Crippen LogP contribution in [0.25, 0.3) is 22.2 Å². The van der Waals surface area contributed by atoms with Crippen molar-refractivity contribution in [2.24, 2.45) is 5.92 Å². The fraction of sp³-hybridized carbons (Fsp3) is 0.500. The number of aryl methyl sites for hydroxylation is 1. The lowest BCUT2D eigenvalue weighted by atomic mass is 9.79. The molecule has 0 amide bonds. The van der Waals surface area contributed by atoms with E-state index >= 15 is 0 Å². The van der Waals surface area contributed by atoms with Crippen molar-refractivity contribution < 1.29 is 13.5 Å². The minimum Gasteiger partial charge on any atom is -0.392 e. The van der Waals surface area contributed by atoms with Crippen molar-refractivity contribution in [3.05, 3.63) is 42.4 Å². The van der Waals surface area contributed by atoms with Crippen molar-refractivity contribution in [2.75, 3.05) is 37.4 Å². The SMILES string of the molecule is CS(=O)(=O)CCc1cccc(-c2cn(C3CC(CN4CC[C@@H](O)C4)C3)c3ncnc(N)c23)c1. The van der Waals surface area contributed by atoms with Gasteiger partial charge in [0.15, 0.2) is 0 Å². The van der Waals surface area contributed by atoms with Crippen molar-refractivity contribution in [1.82, 2.24) is 19.4 Å². The van der Waals surface area contributed by atoms with Crippen LogP contribution in [0.1, 0.15) is 30.9 Å². The molecule has 176 valence electrons. The van der Waals surface area contributed by atoms with E-state index in [0.29, 0.717) is 24.2 Å². The molecule has 1 atom stereocenters. The average Bonchev–Trinajstić information content (AvgIpc) is 3.33. The Labute approximate surface area is 194 Å². The molecule has 0 bridgehead atoms. The van der Waals surface area contributed by atoms with Crippen LogP contribution in [0.3, 0.4) is 0 Å². The van der Waals surface area contributed by atoms with Gasteiger partial charge in [0.1, 0.15) is 27.6 Å². The zero-order valence-electron chi connectivity index (χ0n) is 18.9. The third-order valence-electron chi connectivity index (χ3n) is 7.01. The Morgan fingerprint density at radius 2 is 2.06 bits per heavy atom. The quantitative estimate of drug-likeness (QED) is 0.546. The molecule has 3 aromatic rings. The first-order valence-electron chi connectivity index (χ1n) is 11.6. The van der Waals surface area contributed by atoms with Crippen LogP contribution in [-0.2, 0) is 16.3 Å². The van der Waals surface area contributed by atoms with E-state index in [2.05, 4.69) is 25.6 Å². The fourth-order valence-electron chi connectivity index (χ4n) is 5.22. The Kier molecular flexibility index (Phi) is 5.88. The molecule has 1 saturated carbocycles. The number of aliphatic hydroxyl groups excluding tert-OH is 1. The van der Waals surface area contributed by atoms with Crippen LogP contribution >= 0.6 is 0 Å². The normalized spacial score (nSPS) is 23.8. The van der Waals surface area contributed by atoms with Gasteiger partial charge in [-0.1, -0.05) is 24.3 Å². The third kappa shape index (κ3) is 4.76. The van der Waals surface area contributed by atoms with E-state index in [0.717, 1.165) is 66.6 Å². The number of benzene rings is 1. The summed E-state index contributed by atoms with van der Waals surface area (Å²) in [4.78, 5) is 11.2. The molecule has 0 spiro atoms. The van der Waals surface area contributed by atoms with Crippen LogP contribution in [-0.4, -0.2) is 70.7 Å². The molecule has 1 aliphatic carbocycles. The maximum Gasteiger partial charge on any atom is 0.147 e. The van der Waals surface area contributed by atoms with Crippen LogP contribution in [0.5, 0.6) is 0 Å². The second-order valence-corrected chi connectivity index (χ2v) is 11.9. The van der Waals surface area contributed by atoms with Gasteiger partial charge in [-0.25, -0.2) is 18.4 Å². The van der Waals surface area contributed by atoms with Crippen LogP contribution in [0, 0.1) is 5.92 Å². The summed E-state index contributed by atoms with van der Waals surface area (Å²) in [6.07, 6.45) is 8.25. The van der Waals surface area contributed by atoms with E-state index in [1.807, 2.05) is 24.3 Å². The van der Waals surface area contributed by atoms with E-state index in [1.54, 1.807) is 0 Å². The fourth-order valence-corrected chi connectivity index (χ4v) is 5.83. The monoisotopic (exact) mass is 469 g/mol. The molecule has 2 fully saturated rings. The van der Waals surface area contributed by atoms with Gasteiger partial charge in [0.2, 0.25) is 0 Å². The molecule has 1 aromatic carbocycles. The maximum atomic E-state index is 11.6. The number of sulfone groups is 1. The molecule has 2 aliphatic rings. The molecule has 1 aliphatic heterocycles. The van der Waals surface area contributed by atoms with Gasteiger partial charge in [-0.05, 0) is 42.7 Å². The molecule has 33 heavy (non-hydrogen) atoms. The predicted octanol–water partition coefficient (Wildman–Crippen LogP) is 2.29. The number of aromatic nitrogens is 3. The molecule has 8 nitrogen and oxygen atoms in total. The van der Waals surface area contributed by atoms with Gasteiger partial charge in [-0.3, -0.25) is 0 Å². The molecule has 1 saturated heterocycles. The molecule has 3 N–H and O–H groups in total. The highest BCUT2D eigenvalue weighted by atomic mass is 32.2. The summed E-state index contributed by atoms with van der Waals surface area (Å²) in [5.41, 5.74) is 10.1. The van der Waals surface area contributed by atoms with Crippen molar-refractivity contribution in [1.29, 1.82) is 0 Å². The number of fused-ring (bicyclic) bond motifs is 1. The molecular formula is C24H31N5O3S. The first-order valence-corrected chi connectivity index (χ1v) is 13.6. The Hall–Kier alpha value is -2.49. The summed E-state index contributed by atoms with van der Waals surface area (Å²) in [7, 11) is -3.02. The number of likely N-dealkylation sites (tertiary alicyclic amines) is 1. The number of nitrogens with two attached hydrogens (primary N) is 1. The van der Waals surface area contributed by atoms with Gasteiger partial charge in [-0.2, -0.15) is 0 Å². The van der Waals surface area contributed by atoms with Crippen molar-refractivity contribution in [3.8, 4) is 11.1 Å². The number of nitrogen functional groups attached to an aromatic ring is 1. The zero-order chi connectivity index (χ0) is 23.2. The van der Waals surface area contributed by atoms with Gasteiger partial charge < -0.3 is 20.3 Å². The van der Waals surface area contributed by atoms with Gasteiger partial charge >= 0.3 is 0 Å². The zero-order valence-corrected chi connectivity index (χ0v) is 19.7. The molecule has 3 heterocycles. The van der Waals surface area contributed by atoms with Gasteiger partial charge in [0, 0.05) is 43.7 Å². The molecular weight excluding hydrogens is 438 g/mol. The summed E-state index contributed by atoms with van der Waals surface area (Å²) < 4.78 is 25.4. The van der Waals surface area contributed by atoms with E-state index < -0.39 is 9.84 Å². The highest BCUT2D eigenvalue weighted by Crippen LogP contribution is 2.43. The summed E-state index contributed by atoms with van der Waals surface area (Å²) in [6.45, 7) is 2.81. The summed E-state index contributed by atoms with van der Waals surface area (Å²) in [6, 6.07) is 8.34. The van der Waals surface area contributed by atoms with Crippen molar-refractivity contribution in [2.45, 2.75) is 37.8 Å². The largest absolute Gasteiger partial charge is 0.392 e. The number of rotatable bonds is 7. The van der Waals surface area contributed by atoms with Crippen LogP contribution in [0.2, 0.25) is 0 Å². The molecule has 9 heteroatoms. The second kappa shape index (κ2) is 8.70. The minimum atomic E-state index is -3.02. The number of hydrogen-bond acceptors (Lipinski definition) is 7. The minimum absolute atomic E-state index is 0.126. The lowest BCUT2D eigenvalue weighted by molar-refractivity contribution is 0.128. The van der Waals surface area contributed by atoms with Gasteiger partial charge in [-0.15, -0.1) is 0 Å². The number of hydrogen-bond donors (Lipinski definition) is 2. The smallest absolute Gasteiger partial charge is 0.147 e.